The lowest BCUT2D eigenvalue weighted by molar-refractivity contribution is -0.119. The molecular formula is C17H15ClFN3O2. The minimum absolute atomic E-state index is 0.00754. The number of rotatable bonds is 6. The second kappa shape index (κ2) is 8.29. The molecule has 0 aliphatic heterocycles. The van der Waals surface area contributed by atoms with Gasteiger partial charge < -0.3 is 15.7 Å². The number of nitriles is 1. The summed E-state index contributed by atoms with van der Waals surface area (Å²) >= 11 is 5.58. The molecule has 0 radical (unpaired) electrons. The first-order valence-electron chi connectivity index (χ1n) is 7.13. The van der Waals surface area contributed by atoms with Gasteiger partial charge in [0.1, 0.15) is 5.82 Å². The van der Waals surface area contributed by atoms with Gasteiger partial charge in [-0.15, -0.1) is 0 Å². The molecule has 7 heteroatoms. The lowest BCUT2D eigenvalue weighted by atomic mass is 10.1. The van der Waals surface area contributed by atoms with Gasteiger partial charge in [-0.1, -0.05) is 17.7 Å². The highest BCUT2D eigenvalue weighted by Gasteiger charge is 2.11. The normalized spacial score (nSPS) is 11.4. The number of nitrogens with zero attached hydrogens (tertiary/aromatic N) is 1. The number of nitrogens with one attached hydrogen (secondary N) is 2. The highest BCUT2D eigenvalue weighted by Crippen LogP contribution is 2.19. The van der Waals surface area contributed by atoms with E-state index in [0.29, 0.717) is 16.8 Å². The van der Waals surface area contributed by atoms with Crippen LogP contribution < -0.4 is 10.6 Å². The van der Waals surface area contributed by atoms with E-state index in [1.807, 2.05) is 6.07 Å². The third-order valence-electron chi connectivity index (χ3n) is 3.29. The first-order valence-corrected chi connectivity index (χ1v) is 7.51. The maximum absolute atomic E-state index is 13.3. The Morgan fingerprint density at radius 2 is 2.00 bits per heavy atom. The molecule has 2 aromatic rings. The van der Waals surface area contributed by atoms with Crippen molar-refractivity contribution >= 4 is 23.2 Å². The van der Waals surface area contributed by atoms with E-state index in [0.717, 1.165) is 6.07 Å². The van der Waals surface area contributed by atoms with Gasteiger partial charge in [-0.05, 0) is 42.0 Å². The number of benzene rings is 2. The third kappa shape index (κ3) is 4.95. The number of aliphatic hydroxyl groups is 1. The van der Waals surface area contributed by atoms with E-state index in [4.69, 9.17) is 16.9 Å². The zero-order chi connectivity index (χ0) is 17.5. The van der Waals surface area contributed by atoms with Crippen LogP contribution in [0, 0.1) is 17.1 Å². The van der Waals surface area contributed by atoms with Gasteiger partial charge in [0.15, 0.2) is 0 Å². The van der Waals surface area contributed by atoms with Crippen LogP contribution in [0.2, 0.25) is 5.02 Å². The van der Waals surface area contributed by atoms with Crippen molar-refractivity contribution in [3.8, 4) is 6.07 Å². The number of amides is 1. The minimum atomic E-state index is -1.03. The van der Waals surface area contributed by atoms with Crippen molar-refractivity contribution in [3.63, 3.8) is 0 Å². The van der Waals surface area contributed by atoms with Gasteiger partial charge in [0.05, 0.1) is 29.3 Å². The molecular weight excluding hydrogens is 333 g/mol. The topological polar surface area (TPSA) is 85.2 Å². The summed E-state index contributed by atoms with van der Waals surface area (Å²) in [4.78, 5) is 11.8. The number of anilines is 1. The van der Waals surface area contributed by atoms with Gasteiger partial charge in [0, 0.05) is 12.2 Å². The molecule has 1 atom stereocenters. The van der Waals surface area contributed by atoms with E-state index in [-0.39, 0.29) is 24.0 Å². The number of halogens is 2. The fourth-order valence-corrected chi connectivity index (χ4v) is 2.07. The molecule has 0 saturated carbocycles. The van der Waals surface area contributed by atoms with Crippen molar-refractivity contribution in [2.75, 3.05) is 18.4 Å². The molecule has 5 nitrogen and oxygen atoms in total. The van der Waals surface area contributed by atoms with Crippen LogP contribution in [-0.4, -0.2) is 24.1 Å². The summed E-state index contributed by atoms with van der Waals surface area (Å²) in [5.41, 5.74) is 1.56. The summed E-state index contributed by atoms with van der Waals surface area (Å²) in [5, 5.41) is 24.1. The standard InChI is InChI=1S/C17H15ClFN3O2/c18-14-6-3-12(7-15(14)19)16(23)9-22-17(24)10-21-13-4-1-11(8-20)2-5-13/h1-7,16,21,23H,9-10H2,(H,22,24). The molecule has 2 aromatic carbocycles. The van der Waals surface area contributed by atoms with Crippen molar-refractivity contribution in [1.82, 2.24) is 5.32 Å². The molecule has 0 heterocycles. The van der Waals surface area contributed by atoms with Crippen LogP contribution >= 0.6 is 11.6 Å². The van der Waals surface area contributed by atoms with Crippen LogP contribution in [0.15, 0.2) is 42.5 Å². The quantitative estimate of drug-likeness (QED) is 0.750. The van der Waals surface area contributed by atoms with Gasteiger partial charge in [0.2, 0.25) is 5.91 Å². The number of carbonyl (C=O) groups excluding carboxylic acids is 1. The molecule has 24 heavy (non-hydrogen) atoms. The van der Waals surface area contributed by atoms with Crippen molar-refractivity contribution in [2.45, 2.75) is 6.10 Å². The monoisotopic (exact) mass is 347 g/mol. The van der Waals surface area contributed by atoms with Crippen molar-refractivity contribution in [1.29, 1.82) is 5.26 Å². The van der Waals surface area contributed by atoms with E-state index in [2.05, 4.69) is 10.6 Å². The van der Waals surface area contributed by atoms with Crippen molar-refractivity contribution in [2.24, 2.45) is 0 Å². The van der Waals surface area contributed by atoms with Crippen molar-refractivity contribution in [3.05, 3.63) is 64.4 Å². The number of hydrogen-bond acceptors (Lipinski definition) is 4. The molecule has 2 rings (SSSR count). The maximum Gasteiger partial charge on any atom is 0.239 e. The van der Waals surface area contributed by atoms with Crippen LogP contribution in [0.5, 0.6) is 0 Å². The average molecular weight is 348 g/mol. The zero-order valence-corrected chi connectivity index (χ0v) is 13.3. The minimum Gasteiger partial charge on any atom is -0.387 e. The fraction of sp³-hybridized carbons (Fsp3) is 0.176. The second-order valence-corrected chi connectivity index (χ2v) is 5.44. The van der Waals surface area contributed by atoms with E-state index < -0.39 is 11.9 Å². The maximum atomic E-state index is 13.3. The SMILES string of the molecule is N#Cc1ccc(NCC(=O)NCC(O)c2ccc(Cl)c(F)c2)cc1. The highest BCUT2D eigenvalue weighted by atomic mass is 35.5. The molecule has 1 amide bonds. The van der Waals surface area contributed by atoms with Gasteiger partial charge in [-0.2, -0.15) is 5.26 Å². The number of carbonyl (C=O) groups is 1. The van der Waals surface area contributed by atoms with E-state index in [1.54, 1.807) is 24.3 Å². The van der Waals surface area contributed by atoms with Gasteiger partial charge in [-0.25, -0.2) is 4.39 Å². The Morgan fingerprint density at radius 1 is 1.29 bits per heavy atom. The molecule has 1 unspecified atom stereocenters. The van der Waals surface area contributed by atoms with Crippen LogP contribution in [0.3, 0.4) is 0 Å². The Labute approximate surface area is 143 Å². The largest absolute Gasteiger partial charge is 0.387 e. The third-order valence-corrected chi connectivity index (χ3v) is 3.59. The molecule has 0 saturated heterocycles. The second-order valence-electron chi connectivity index (χ2n) is 5.04. The van der Waals surface area contributed by atoms with E-state index >= 15 is 0 Å². The summed E-state index contributed by atoms with van der Waals surface area (Å²) in [7, 11) is 0. The Morgan fingerprint density at radius 3 is 2.62 bits per heavy atom. The summed E-state index contributed by atoms with van der Waals surface area (Å²) in [5.74, 6) is -0.949. The van der Waals surface area contributed by atoms with Gasteiger partial charge in [0.25, 0.3) is 0 Å². The Kier molecular flexibility index (Phi) is 6.13. The predicted octanol–water partition coefficient (Wildman–Crippen LogP) is 2.61. The Balaban J connectivity index is 1.79. The number of hydrogen-bond donors (Lipinski definition) is 3. The Bertz CT molecular complexity index is 759. The molecule has 0 fully saturated rings. The first kappa shape index (κ1) is 17.7. The highest BCUT2D eigenvalue weighted by molar-refractivity contribution is 6.30. The van der Waals surface area contributed by atoms with Crippen LogP contribution in [0.4, 0.5) is 10.1 Å². The summed E-state index contributed by atoms with van der Waals surface area (Å²) < 4.78 is 13.3. The average Bonchev–Trinajstić information content (AvgIpc) is 2.60. The van der Waals surface area contributed by atoms with Crippen LogP contribution in [0.25, 0.3) is 0 Å². The molecule has 124 valence electrons. The fourth-order valence-electron chi connectivity index (χ4n) is 1.96. The van der Waals surface area contributed by atoms with Gasteiger partial charge in [-0.3, -0.25) is 4.79 Å². The summed E-state index contributed by atoms with van der Waals surface area (Å²) in [6, 6.07) is 12.6. The lowest BCUT2D eigenvalue weighted by Crippen LogP contribution is -2.33. The zero-order valence-electron chi connectivity index (χ0n) is 12.6. The van der Waals surface area contributed by atoms with E-state index in [9.17, 15) is 14.3 Å². The molecule has 0 bridgehead atoms. The summed E-state index contributed by atoms with van der Waals surface area (Å²) in [6.45, 7) is -0.0391. The van der Waals surface area contributed by atoms with Gasteiger partial charge >= 0.3 is 0 Å². The van der Waals surface area contributed by atoms with Crippen molar-refractivity contribution < 1.29 is 14.3 Å². The predicted molar refractivity (Wildman–Crippen MR) is 89.0 cm³/mol. The number of aliphatic hydroxyl groups excluding tert-OH is 1. The first-order chi connectivity index (χ1) is 11.5. The molecule has 3 N–H and O–H groups in total. The summed E-state index contributed by atoms with van der Waals surface area (Å²) in [6.07, 6.45) is -1.03. The smallest absolute Gasteiger partial charge is 0.239 e. The Hall–Kier alpha value is -2.62. The molecule has 0 aliphatic carbocycles. The van der Waals surface area contributed by atoms with E-state index in [1.165, 1.54) is 12.1 Å². The molecule has 0 spiro atoms. The lowest BCUT2D eigenvalue weighted by Gasteiger charge is -2.13. The molecule has 0 aliphatic rings. The van der Waals surface area contributed by atoms with Crippen LogP contribution in [-0.2, 0) is 4.79 Å². The molecule has 0 aromatic heterocycles. The van der Waals surface area contributed by atoms with Crippen LogP contribution in [0.1, 0.15) is 17.2 Å².